The molecule has 0 saturated carbocycles. The second-order valence-electron chi connectivity index (χ2n) is 2.55. The van der Waals surface area contributed by atoms with Crippen LogP contribution < -0.4 is 5.73 Å². The zero-order chi connectivity index (χ0) is 10.6. The fourth-order valence-corrected chi connectivity index (χ4v) is 0.800. The lowest BCUT2D eigenvalue weighted by molar-refractivity contribution is -0.148. The molecule has 2 N–H and O–H groups in total. The molecule has 14 heavy (non-hydrogen) atoms. The van der Waals surface area contributed by atoms with Crippen LogP contribution in [0, 0.1) is 0 Å². The number of alkyl halides is 2. The molecule has 1 aromatic rings. The normalized spacial score (nSPS) is 10.5. The van der Waals surface area contributed by atoms with E-state index in [0.717, 1.165) is 0 Å². The number of ether oxygens (including phenoxy) is 1. The first kappa shape index (κ1) is 10.4. The van der Waals surface area contributed by atoms with Gasteiger partial charge in [0.15, 0.2) is 6.61 Å². The number of anilines is 1. The molecular formula is C7H9F2N3O2. The van der Waals surface area contributed by atoms with E-state index >= 15 is 0 Å². The molecule has 1 heterocycles. The van der Waals surface area contributed by atoms with Crippen molar-refractivity contribution in [2.45, 2.75) is 13.0 Å². The average molecular weight is 205 g/mol. The minimum atomic E-state index is -2.65. The van der Waals surface area contributed by atoms with Crippen molar-refractivity contribution < 1.29 is 18.3 Å². The highest BCUT2D eigenvalue weighted by Gasteiger charge is 2.09. The van der Waals surface area contributed by atoms with Gasteiger partial charge in [-0.2, -0.15) is 5.10 Å². The number of nitrogens with two attached hydrogens (primary N) is 1. The number of carbonyl (C=O) groups excluding carboxylic acids is 1. The maximum atomic E-state index is 11.6. The van der Waals surface area contributed by atoms with Crippen LogP contribution in [0.2, 0.25) is 0 Å². The largest absolute Gasteiger partial charge is 0.458 e. The van der Waals surface area contributed by atoms with Gasteiger partial charge in [0.05, 0.1) is 11.9 Å². The molecule has 1 aromatic heterocycles. The SMILES string of the molecule is Nc1cnn(CC(=O)OCC(F)F)c1. The molecule has 0 spiro atoms. The van der Waals surface area contributed by atoms with Crippen molar-refractivity contribution in [3.63, 3.8) is 0 Å². The van der Waals surface area contributed by atoms with Crippen LogP contribution in [0.4, 0.5) is 14.5 Å². The second-order valence-corrected chi connectivity index (χ2v) is 2.55. The van der Waals surface area contributed by atoms with Gasteiger partial charge in [0.25, 0.3) is 6.43 Å². The van der Waals surface area contributed by atoms with Crippen molar-refractivity contribution in [3.05, 3.63) is 12.4 Å². The average Bonchev–Trinajstić information content (AvgIpc) is 2.48. The monoisotopic (exact) mass is 205 g/mol. The van der Waals surface area contributed by atoms with Crippen molar-refractivity contribution in [3.8, 4) is 0 Å². The second kappa shape index (κ2) is 4.54. The Hall–Kier alpha value is -1.66. The third kappa shape index (κ3) is 3.38. The van der Waals surface area contributed by atoms with Gasteiger partial charge in [-0.05, 0) is 0 Å². The predicted octanol–water partition coefficient (Wildman–Crippen LogP) is 0.274. The number of esters is 1. The topological polar surface area (TPSA) is 70.1 Å². The number of aromatic nitrogens is 2. The van der Waals surface area contributed by atoms with Gasteiger partial charge in [-0.15, -0.1) is 0 Å². The van der Waals surface area contributed by atoms with Crippen LogP contribution in [-0.2, 0) is 16.1 Å². The summed E-state index contributed by atoms with van der Waals surface area (Å²) in [5.41, 5.74) is 5.72. The Morgan fingerprint density at radius 1 is 1.71 bits per heavy atom. The van der Waals surface area contributed by atoms with E-state index < -0.39 is 19.0 Å². The lowest BCUT2D eigenvalue weighted by Crippen LogP contribution is -2.17. The van der Waals surface area contributed by atoms with E-state index in [2.05, 4.69) is 9.84 Å². The van der Waals surface area contributed by atoms with Gasteiger partial charge < -0.3 is 10.5 Å². The third-order valence-corrected chi connectivity index (χ3v) is 1.31. The first-order chi connectivity index (χ1) is 6.58. The van der Waals surface area contributed by atoms with Gasteiger partial charge in [-0.25, -0.2) is 8.78 Å². The first-order valence-corrected chi connectivity index (χ1v) is 3.79. The number of carbonyl (C=O) groups is 1. The molecule has 78 valence electrons. The molecule has 0 saturated heterocycles. The van der Waals surface area contributed by atoms with Crippen LogP contribution in [0.1, 0.15) is 0 Å². The van der Waals surface area contributed by atoms with Crippen molar-refractivity contribution in [2.24, 2.45) is 0 Å². The Labute approximate surface area is 78.4 Å². The minimum Gasteiger partial charge on any atom is -0.458 e. The molecule has 0 bridgehead atoms. The number of hydrogen-bond acceptors (Lipinski definition) is 4. The summed E-state index contributed by atoms with van der Waals surface area (Å²) in [5, 5.41) is 3.69. The maximum absolute atomic E-state index is 11.6. The van der Waals surface area contributed by atoms with Crippen molar-refractivity contribution in [2.75, 3.05) is 12.3 Å². The van der Waals surface area contributed by atoms with Crippen molar-refractivity contribution in [1.82, 2.24) is 9.78 Å². The molecule has 0 aliphatic rings. The van der Waals surface area contributed by atoms with Gasteiger partial charge in [0, 0.05) is 6.20 Å². The zero-order valence-electron chi connectivity index (χ0n) is 7.19. The Bertz CT molecular complexity index is 314. The molecule has 0 radical (unpaired) electrons. The van der Waals surface area contributed by atoms with E-state index in [1.54, 1.807) is 0 Å². The summed E-state index contributed by atoms with van der Waals surface area (Å²) in [7, 11) is 0. The molecule has 0 aromatic carbocycles. The molecule has 7 heteroatoms. The quantitative estimate of drug-likeness (QED) is 0.716. The summed E-state index contributed by atoms with van der Waals surface area (Å²) in [5.74, 6) is -0.770. The number of hydrogen-bond donors (Lipinski definition) is 1. The fourth-order valence-electron chi connectivity index (χ4n) is 0.800. The molecule has 5 nitrogen and oxygen atoms in total. The number of nitrogen functional groups attached to an aromatic ring is 1. The van der Waals surface area contributed by atoms with E-state index in [1.807, 2.05) is 0 Å². The Balaban J connectivity index is 2.34. The standard InChI is InChI=1S/C7H9F2N3O2/c8-6(9)4-14-7(13)3-12-2-5(10)1-11-12/h1-2,6H,3-4,10H2. The van der Waals surface area contributed by atoms with E-state index in [1.165, 1.54) is 17.1 Å². The maximum Gasteiger partial charge on any atom is 0.327 e. The van der Waals surface area contributed by atoms with Gasteiger partial charge in [-0.3, -0.25) is 9.48 Å². The molecular weight excluding hydrogens is 196 g/mol. The summed E-state index contributed by atoms with van der Waals surface area (Å²) in [6.45, 7) is -1.11. The number of halogens is 2. The van der Waals surface area contributed by atoms with E-state index in [9.17, 15) is 13.6 Å². The van der Waals surface area contributed by atoms with Gasteiger partial charge in [0.1, 0.15) is 6.54 Å². The molecule has 0 unspecified atom stereocenters. The number of rotatable bonds is 4. The lowest BCUT2D eigenvalue weighted by atomic mass is 10.6. The predicted molar refractivity (Wildman–Crippen MR) is 43.6 cm³/mol. The van der Waals surface area contributed by atoms with Crippen LogP contribution in [0.25, 0.3) is 0 Å². The number of nitrogens with zero attached hydrogens (tertiary/aromatic N) is 2. The zero-order valence-corrected chi connectivity index (χ0v) is 7.19. The van der Waals surface area contributed by atoms with E-state index in [0.29, 0.717) is 5.69 Å². The van der Waals surface area contributed by atoms with Gasteiger partial charge >= 0.3 is 5.97 Å². The highest BCUT2D eigenvalue weighted by molar-refractivity contribution is 5.69. The van der Waals surface area contributed by atoms with E-state index in [-0.39, 0.29) is 6.54 Å². The molecule has 0 amide bonds. The summed E-state index contributed by atoms with van der Waals surface area (Å²) >= 11 is 0. The summed E-state index contributed by atoms with van der Waals surface area (Å²) in [6, 6.07) is 0. The van der Waals surface area contributed by atoms with Crippen LogP contribution in [0.15, 0.2) is 12.4 Å². The lowest BCUT2D eigenvalue weighted by Gasteiger charge is -2.03. The molecule has 0 atom stereocenters. The van der Waals surface area contributed by atoms with E-state index in [4.69, 9.17) is 5.73 Å². The molecule has 0 aliphatic carbocycles. The smallest absolute Gasteiger partial charge is 0.327 e. The van der Waals surface area contributed by atoms with Crippen LogP contribution >= 0.6 is 0 Å². The van der Waals surface area contributed by atoms with Crippen molar-refractivity contribution >= 4 is 11.7 Å². The molecule has 0 aliphatic heterocycles. The van der Waals surface area contributed by atoms with Gasteiger partial charge in [0.2, 0.25) is 0 Å². The Morgan fingerprint density at radius 3 is 2.93 bits per heavy atom. The summed E-state index contributed by atoms with van der Waals surface area (Å²) < 4.78 is 28.7. The Kier molecular flexibility index (Phi) is 3.38. The van der Waals surface area contributed by atoms with Crippen LogP contribution in [0.3, 0.4) is 0 Å². The fraction of sp³-hybridized carbons (Fsp3) is 0.429. The van der Waals surface area contributed by atoms with Crippen LogP contribution in [-0.4, -0.2) is 28.8 Å². The summed E-state index contributed by atoms with van der Waals surface area (Å²) in [6.07, 6.45) is 0.103. The molecule has 1 rings (SSSR count). The molecule has 0 fully saturated rings. The van der Waals surface area contributed by atoms with Crippen molar-refractivity contribution in [1.29, 1.82) is 0 Å². The first-order valence-electron chi connectivity index (χ1n) is 3.79. The minimum absolute atomic E-state index is 0.218. The summed E-state index contributed by atoms with van der Waals surface area (Å²) in [4.78, 5) is 10.9. The third-order valence-electron chi connectivity index (χ3n) is 1.31. The Morgan fingerprint density at radius 2 is 2.43 bits per heavy atom. The van der Waals surface area contributed by atoms with Crippen LogP contribution in [0.5, 0.6) is 0 Å². The van der Waals surface area contributed by atoms with Gasteiger partial charge in [-0.1, -0.05) is 0 Å². The highest BCUT2D eigenvalue weighted by atomic mass is 19.3. The highest BCUT2D eigenvalue weighted by Crippen LogP contribution is 1.99.